The number of fused-ring (bicyclic) bond motifs is 4. The van der Waals surface area contributed by atoms with Crippen molar-refractivity contribution in [3.63, 3.8) is 0 Å². The Balaban J connectivity index is 0.000000190. The summed E-state index contributed by atoms with van der Waals surface area (Å²) in [7, 11) is 4.05. The number of carbonyl (C=O) groups excluding carboxylic acids is 6. The number of halogens is 7. The number of carbonyl (C=O) groups is 8. The van der Waals surface area contributed by atoms with Crippen molar-refractivity contribution in [1.82, 2.24) is 16.0 Å². The van der Waals surface area contributed by atoms with Crippen LogP contribution < -0.4 is 21.7 Å². The number of rotatable bonds is 10. The van der Waals surface area contributed by atoms with Crippen molar-refractivity contribution in [2.45, 2.75) is 102 Å². The molecule has 4 aliphatic carbocycles. The molecule has 0 heterocycles. The SMILES string of the molecule is COC(=O)c1ccc2c(c1)C(N)CC2.COC(=O)c1ccc2c(c1)C(NC(=O)OC(C)(C)C)CC2.COC(=O)c1ccc2c(c1)C(NC(=O)c1cc(Cl)ccc1F)CC2.Cl.O=C(O)c1cc(Cl)ccc1F.O=C(O)c1ccc2c(c1)C(NC(=O)c1cc(Cl)ccc1F)CC2. The Bertz CT molecular complexity index is 4020. The van der Waals surface area contributed by atoms with Gasteiger partial charge in [0.05, 0.1) is 78.4 Å². The zero-order chi connectivity index (χ0) is 68.0. The topological polar surface area (TPSA) is 276 Å². The van der Waals surface area contributed by atoms with Crippen LogP contribution in [0.1, 0.15) is 188 Å². The molecule has 0 saturated heterocycles. The zero-order valence-electron chi connectivity index (χ0n) is 51.6. The summed E-state index contributed by atoms with van der Waals surface area (Å²) in [6, 6.07) is 31.5. The molecule has 18 nitrogen and oxygen atoms in total. The minimum Gasteiger partial charge on any atom is -0.478 e. The number of amides is 3. The number of nitrogens with one attached hydrogen (secondary N) is 3. The Hall–Kier alpha value is -8.99. The first-order valence-corrected chi connectivity index (χ1v) is 30.2. The maximum absolute atomic E-state index is 13.8. The first kappa shape index (κ1) is 74.1. The third-order valence-electron chi connectivity index (χ3n) is 15.3. The number of methoxy groups -OCH3 is 3. The van der Waals surface area contributed by atoms with E-state index >= 15 is 0 Å². The smallest absolute Gasteiger partial charge is 0.408 e. The average Bonchev–Trinajstić information content (AvgIpc) is 1.75. The molecule has 0 aliphatic heterocycles. The molecule has 7 aromatic rings. The van der Waals surface area contributed by atoms with E-state index in [9.17, 15) is 51.5 Å². The van der Waals surface area contributed by atoms with Crippen molar-refractivity contribution in [2.24, 2.45) is 5.73 Å². The van der Waals surface area contributed by atoms with E-state index < -0.39 is 64.4 Å². The number of alkyl carbamates (subject to hydrolysis) is 1. The minimum absolute atomic E-state index is 0. The summed E-state index contributed by atoms with van der Waals surface area (Å²) in [5.41, 5.74) is 14.5. The van der Waals surface area contributed by atoms with E-state index in [1.54, 1.807) is 48.5 Å². The Kier molecular flexibility index (Phi) is 26.2. The number of esters is 3. The van der Waals surface area contributed by atoms with Gasteiger partial charge in [0.2, 0.25) is 0 Å². The molecular formula is C69H67Cl4F3N4O14. The van der Waals surface area contributed by atoms with E-state index in [1.165, 1.54) is 57.2 Å². The van der Waals surface area contributed by atoms with Crippen molar-refractivity contribution >= 4 is 95.0 Å². The second-order valence-corrected chi connectivity index (χ2v) is 23.9. The van der Waals surface area contributed by atoms with Gasteiger partial charge >= 0.3 is 35.9 Å². The maximum Gasteiger partial charge on any atom is 0.408 e. The number of hydrogen-bond donors (Lipinski definition) is 6. The number of hydrogen-bond acceptors (Lipinski definition) is 13. The van der Waals surface area contributed by atoms with Gasteiger partial charge in [-0.05, 0) is 220 Å². The molecule has 0 bridgehead atoms. The molecule has 7 aromatic carbocycles. The molecule has 4 unspecified atom stereocenters. The Morgan fingerprint density at radius 3 is 1.12 bits per heavy atom. The third kappa shape index (κ3) is 19.5. The summed E-state index contributed by atoms with van der Waals surface area (Å²) < 4.78 is 59.5. The predicted molar refractivity (Wildman–Crippen MR) is 348 cm³/mol. The van der Waals surface area contributed by atoms with Crippen LogP contribution in [0.2, 0.25) is 15.1 Å². The number of ether oxygens (including phenoxy) is 4. The molecule has 4 aliphatic rings. The number of carboxylic acid groups (broad SMARTS) is 2. The van der Waals surface area contributed by atoms with Gasteiger partial charge < -0.3 is 50.8 Å². The van der Waals surface area contributed by atoms with Gasteiger partial charge in [0.1, 0.15) is 23.1 Å². The Morgan fingerprint density at radius 1 is 0.447 bits per heavy atom. The van der Waals surface area contributed by atoms with Crippen LogP contribution in [-0.2, 0) is 44.6 Å². The van der Waals surface area contributed by atoms with Gasteiger partial charge in [0.25, 0.3) is 11.8 Å². The summed E-state index contributed by atoms with van der Waals surface area (Å²) >= 11 is 17.1. The van der Waals surface area contributed by atoms with E-state index in [1.807, 2.05) is 45.0 Å². The van der Waals surface area contributed by atoms with Crippen LogP contribution in [0.5, 0.6) is 0 Å². The predicted octanol–water partition coefficient (Wildman–Crippen LogP) is 14.3. The molecule has 0 aromatic heterocycles. The van der Waals surface area contributed by atoms with Gasteiger partial charge in [-0.3, -0.25) is 9.59 Å². The van der Waals surface area contributed by atoms with E-state index in [4.69, 9.17) is 65.0 Å². The van der Waals surface area contributed by atoms with E-state index in [0.717, 1.165) is 102 Å². The number of aromatic carboxylic acids is 2. The lowest BCUT2D eigenvalue weighted by atomic mass is 10.0. The second-order valence-electron chi connectivity index (χ2n) is 22.6. The lowest BCUT2D eigenvalue weighted by Gasteiger charge is -2.22. The van der Waals surface area contributed by atoms with E-state index in [-0.39, 0.29) is 75.2 Å². The maximum atomic E-state index is 13.8. The summed E-state index contributed by atoms with van der Waals surface area (Å²) in [5.74, 6) is -6.59. The normalized spacial score (nSPS) is 15.7. The molecule has 0 fully saturated rings. The number of nitrogens with two attached hydrogens (primary N) is 1. The van der Waals surface area contributed by atoms with Crippen molar-refractivity contribution in [2.75, 3.05) is 21.3 Å². The molecule has 7 N–H and O–H groups in total. The van der Waals surface area contributed by atoms with Crippen molar-refractivity contribution in [3.05, 3.63) is 243 Å². The van der Waals surface area contributed by atoms with Crippen LogP contribution in [0.15, 0.2) is 127 Å². The highest BCUT2D eigenvalue weighted by molar-refractivity contribution is 6.31. The van der Waals surface area contributed by atoms with Crippen LogP contribution in [0.3, 0.4) is 0 Å². The van der Waals surface area contributed by atoms with Crippen molar-refractivity contribution in [3.8, 4) is 0 Å². The fourth-order valence-corrected chi connectivity index (χ4v) is 11.2. The van der Waals surface area contributed by atoms with Crippen LogP contribution in [0.25, 0.3) is 0 Å². The molecule has 0 saturated carbocycles. The Morgan fingerprint density at radius 2 is 0.766 bits per heavy atom. The van der Waals surface area contributed by atoms with Crippen LogP contribution in [0, 0.1) is 17.5 Å². The second kappa shape index (κ2) is 33.2. The van der Waals surface area contributed by atoms with Gasteiger partial charge in [-0.1, -0.05) is 59.1 Å². The molecule has 0 radical (unpaired) electrons. The van der Waals surface area contributed by atoms with E-state index in [0.29, 0.717) is 34.6 Å². The van der Waals surface area contributed by atoms with Crippen LogP contribution in [0.4, 0.5) is 18.0 Å². The highest BCUT2D eigenvalue weighted by Crippen LogP contribution is 2.36. The molecule has 25 heteroatoms. The van der Waals surface area contributed by atoms with Gasteiger partial charge in [0.15, 0.2) is 0 Å². The average molecular weight is 1380 g/mol. The molecule has 496 valence electrons. The van der Waals surface area contributed by atoms with Gasteiger partial charge in [-0.15, -0.1) is 12.4 Å². The zero-order valence-corrected chi connectivity index (χ0v) is 54.7. The summed E-state index contributed by atoms with van der Waals surface area (Å²) in [5, 5.41) is 26.7. The lowest BCUT2D eigenvalue weighted by molar-refractivity contribution is 0.0500. The first-order valence-electron chi connectivity index (χ1n) is 29.0. The van der Waals surface area contributed by atoms with Gasteiger partial charge in [-0.2, -0.15) is 0 Å². The van der Waals surface area contributed by atoms with E-state index in [2.05, 4.69) is 20.7 Å². The molecule has 11 rings (SSSR count). The first-order chi connectivity index (χ1) is 44.1. The van der Waals surface area contributed by atoms with Crippen molar-refractivity contribution in [1.29, 1.82) is 0 Å². The summed E-state index contributed by atoms with van der Waals surface area (Å²) in [6.07, 6.45) is 6.07. The van der Waals surface area contributed by atoms with Crippen molar-refractivity contribution < 1.29 is 80.7 Å². The van der Waals surface area contributed by atoms with Gasteiger partial charge in [0, 0.05) is 21.1 Å². The highest BCUT2D eigenvalue weighted by Gasteiger charge is 2.30. The van der Waals surface area contributed by atoms with Crippen LogP contribution in [-0.4, -0.2) is 84.9 Å². The highest BCUT2D eigenvalue weighted by atomic mass is 35.5. The number of aryl methyl sites for hydroxylation is 4. The lowest BCUT2D eigenvalue weighted by Crippen LogP contribution is -2.34. The molecule has 3 amide bonds. The quantitative estimate of drug-likeness (QED) is 0.0549. The number of carboxylic acids is 2. The minimum atomic E-state index is -1.31. The fourth-order valence-electron chi connectivity index (χ4n) is 10.7. The molecule has 4 atom stereocenters. The van der Waals surface area contributed by atoms with Crippen LogP contribution >= 0.6 is 47.2 Å². The fraction of sp³-hybridized carbons (Fsp3) is 0.275. The standard InChI is InChI=1S/C18H15ClFNO3.C17H13ClFNO3.C16H21NO4.C11H13NO2.C7H4ClFO2.ClH/c1-24-18(23)11-3-2-10-4-7-16(13(10)8-11)21-17(22)14-9-12(19)5-6-15(14)20;18-11-4-5-14(19)13(8-11)16(21)20-15-6-3-9-1-2-10(17(22)23)7-12(9)15;1-16(2,3)21-15(19)17-13-8-7-10-5-6-11(9-12(10)13)14(18)20-4;1-14-11(13)8-3-2-7-4-5-10(12)9(7)6-8;8-4-1-2-6(9)5(3-4)7(10)11;/h2-3,5-6,8-9,16H,4,7H2,1H3,(H,21,22);1-2,4-5,7-8,15H,3,6H2,(H,20,21)(H,22,23);5-6,9,13H,7-8H2,1-4H3,(H,17,19);2-3,6,10H,4-5,12H2,1H3;1-3H,(H,10,11);1H. The summed E-state index contributed by atoms with van der Waals surface area (Å²) in [6.45, 7) is 5.47. The molecule has 94 heavy (non-hydrogen) atoms. The molecular weight excluding hydrogens is 1310 g/mol. The summed E-state index contributed by atoms with van der Waals surface area (Å²) in [4.78, 5) is 92.4. The largest absolute Gasteiger partial charge is 0.478 e. The molecule has 0 spiro atoms. The Labute approximate surface area is 561 Å². The third-order valence-corrected chi connectivity index (χ3v) is 16.0. The number of benzene rings is 7. The monoisotopic (exact) mass is 1370 g/mol. The van der Waals surface area contributed by atoms with Gasteiger partial charge in [-0.25, -0.2) is 41.9 Å².